The summed E-state index contributed by atoms with van der Waals surface area (Å²) in [6, 6.07) is 22.3. The molecule has 0 fully saturated rings. The third-order valence-corrected chi connectivity index (χ3v) is 6.20. The lowest BCUT2D eigenvalue weighted by Crippen LogP contribution is -2.53. The van der Waals surface area contributed by atoms with Gasteiger partial charge in [0.05, 0.1) is 21.5 Å². The van der Waals surface area contributed by atoms with Crippen molar-refractivity contribution in [1.29, 1.82) is 0 Å². The number of rotatable bonds is 4. The van der Waals surface area contributed by atoms with Crippen LogP contribution in [-0.2, 0) is 10.0 Å². The number of H-pyrrole nitrogens is 1. The van der Waals surface area contributed by atoms with Crippen molar-refractivity contribution in [1.82, 2.24) is 19.8 Å². The zero-order chi connectivity index (χ0) is 20.7. The number of anilines is 1. The predicted molar refractivity (Wildman–Crippen MR) is 112 cm³/mol. The molecule has 8 nitrogen and oxygen atoms in total. The molecule has 0 bridgehead atoms. The van der Waals surface area contributed by atoms with Crippen molar-refractivity contribution in [2.75, 3.05) is 5.32 Å². The third kappa shape index (κ3) is 3.10. The number of hydrogen-bond acceptors (Lipinski definition) is 5. The number of sulfonamides is 1. The molecule has 3 aromatic carbocycles. The zero-order valence-electron chi connectivity index (χ0n) is 15.6. The number of hydrazine groups is 1. The van der Waals surface area contributed by atoms with E-state index in [0.717, 1.165) is 10.5 Å². The number of hydrogen-bond donors (Lipinski definition) is 3. The first-order valence-corrected chi connectivity index (χ1v) is 10.7. The van der Waals surface area contributed by atoms with Gasteiger partial charge in [-0.3, -0.25) is 4.79 Å². The fourth-order valence-corrected chi connectivity index (χ4v) is 4.49. The maximum Gasteiger partial charge on any atom is 0.273 e. The lowest BCUT2D eigenvalue weighted by Gasteiger charge is -2.36. The fraction of sp³-hybridized carbons (Fsp3) is 0.0476. The van der Waals surface area contributed by atoms with E-state index < -0.39 is 22.1 Å². The molecule has 1 aromatic heterocycles. The number of carbonyl (C=O) groups is 1. The van der Waals surface area contributed by atoms with Crippen LogP contribution in [0.3, 0.4) is 0 Å². The molecule has 0 saturated heterocycles. The van der Waals surface area contributed by atoms with E-state index in [1.807, 2.05) is 24.3 Å². The topological polar surface area (TPSA) is 107 Å². The third-order valence-electron chi connectivity index (χ3n) is 4.87. The number of aromatic nitrogens is 2. The lowest BCUT2D eigenvalue weighted by atomic mass is 10.1. The van der Waals surface area contributed by atoms with Gasteiger partial charge < -0.3 is 10.3 Å². The molecule has 2 heterocycles. The van der Waals surface area contributed by atoms with Crippen LogP contribution in [0.1, 0.15) is 22.3 Å². The molecule has 1 aliphatic heterocycles. The summed E-state index contributed by atoms with van der Waals surface area (Å²) in [5.41, 5.74) is 2.46. The van der Waals surface area contributed by atoms with Crippen LogP contribution in [-0.4, -0.2) is 29.3 Å². The first-order chi connectivity index (χ1) is 14.5. The molecule has 0 radical (unpaired) electrons. The minimum absolute atomic E-state index is 0.0556. The highest BCUT2D eigenvalue weighted by atomic mass is 32.2. The molecule has 5 rings (SSSR count). The molecule has 0 unspecified atom stereocenters. The number of fused-ring (bicyclic) bond motifs is 2. The predicted octanol–water partition coefficient (Wildman–Crippen LogP) is 3.02. The Kier molecular flexibility index (Phi) is 4.27. The summed E-state index contributed by atoms with van der Waals surface area (Å²) in [4.78, 5) is 23.4. The van der Waals surface area contributed by atoms with Crippen molar-refractivity contribution in [2.24, 2.45) is 0 Å². The van der Waals surface area contributed by atoms with Crippen molar-refractivity contribution < 1.29 is 13.2 Å². The first-order valence-electron chi connectivity index (χ1n) is 9.24. The number of carbonyl (C=O) groups excluding carboxylic acids is 1. The maximum atomic E-state index is 13.2. The summed E-state index contributed by atoms with van der Waals surface area (Å²) >= 11 is 0. The Bertz CT molecular complexity index is 1320. The van der Waals surface area contributed by atoms with Crippen LogP contribution in [0.15, 0.2) is 83.8 Å². The molecule has 0 spiro atoms. The van der Waals surface area contributed by atoms with E-state index in [1.165, 1.54) is 12.1 Å². The summed E-state index contributed by atoms with van der Waals surface area (Å²) in [7, 11) is -3.99. The van der Waals surface area contributed by atoms with Gasteiger partial charge in [-0.15, -0.1) is 4.83 Å². The van der Waals surface area contributed by atoms with Crippen molar-refractivity contribution in [3.8, 4) is 0 Å². The number of aromatic amines is 1. The van der Waals surface area contributed by atoms with Crippen LogP contribution < -0.4 is 10.1 Å². The number of para-hydroxylation sites is 3. The molecule has 0 saturated carbocycles. The van der Waals surface area contributed by atoms with E-state index in [0.29, 0.717) is 22.6 Å². The standard InChI is InChI=1S/C21H17N5O3S/c27-21-15-10-4-5-11-16(15)24-20(19-22-17-12-6-7-13-18(17)23-19)26(21)25-30(28,29)14-8-2-1-3-9-14/h1-13,20,24-25H,(H,22,23)/t20-/m1/s1. The number of benzene rings is 3. The Hall–Kier alpha value is -3.69. The van der Waals surface area contributed by atoms with Gasteiger partial charge in [-0.2, -0.15) is 0 Å². The number of imidazole rings is 1. The number of nitrogens with zero attached hydrogens (tertiary/aromatic N) is 2. The van der Waals surface area contributed by atoms with Crippen molar-refractivity contribution >= 4 is 32.7 Å². The monoisotopic (exact) mass is 419 g/mol. The molecular weight excluding hydrogens is 402 g/mol. The average molecular weight is 419 g/mol. The van der Waals surface area contributed by atoms with E-state index in [-0.39, 0.29) is 4.90 Å². The molecule has 9 heteroatoms. The maximum absolute atomic E-state index is 13.2. The minimum atomic E-state index is -3.99. The van der Waals surface area contributed by atoms with Gasteiger partial charge >= 0.3 is 0 Å². The molecule has 150 valence electrons. The fourth-order valence-electron chi connectivity index (χ4n) is 3.42. The summed E-state index contributed by atoms with van der Waals surface area (Å²) in [5.74, 6) is -0.0656. The van der Waals surface area contributed by atoms with Gasteiger partial charge in [0, 0.05) is 5.69 Å². The van der Waals surface area contributed by atoms with E-state index in [4.69, 9.17) is 0 Å². The van der Waals surface area contributed by atoms with Gasteiger partial charge in [0.25, 0.3) is 15.9 Å². The van der Waals surface area contributed by atoms with Crippen LogP contribution in [0.2, 0.25) is 0 Å². The second-order valence-electron chi connectivity index (χ2n) is 6.81. The minimum Gasteiger partial charge on any atom is -0.357 e. The molecule has 3 N–H and O–H groups in total. The van der Waals surface area contributed by atoms with E-state index in [1.54, 1.807) is 42.5 Å². The van der Waals surface area contributed by atoms with Gasteiger partial charge in [0.15, 0.2) is 12.0 Å². The SMILES string of the molecule is O=C1c2ccccc2N[C@@H](c2nc3ccccc3[nH]2)N1NS(=O)(=O)c1ccccc1. The molecule has 1 aliphatic rings. The van der Waals surface area contributed by atoms with Crippen LogP contribution in [0, 0.1) is 0 Å². The second kappa shape index (κ2) is 6.97. The van der Waals surface area contributed by atoms with Gasteiger partial charge in [-0.05, 0) is 36.4 Å². The normalized spacial score (nSPS) is 16.3. The molecule has 1 amide bonds. The highest BCUT2D eigenvalue weighted by Gasteiger charge is 2.37. The summed E-state index contributed by atoms with van der Waals surface area (Å²) in [6.07, 6.45) is -0.863. The smallest absolute Gasteiger partial charge is 0.273 e. The number of nitrogens with one attached hydrogen (secondary N) is 3. The van der Waals surface area contributed by atoms with Crippen LogP contribution in [0.4, 0.5) is 5.69 Å². The quantitative estimate of drug-likeness (QED) is 0.471. The Morgan fingerprint density at radius 3 is 2.40 bits per heavy atom. The van der Waals surface area contributed by atoms with E-state index in [9.17, 15) is 13.2 Å². The first kappa shape index (κ1) is 18.3. The second-order valence-corrected chi connectivity index (χ2v) is 8.48. The van der Waals surface area contributed by atoms with Crippen LogP contribution in [0.25, 0.3) is 11.0 Å². The van der Waals surface area contributed by atoms with Gasteiger partial charge in [0.1, 0.15) is 0 Å². The average Bonchev–Trinajstić information content (AvgIpc) is 3.20. The van der Waals surface area contributed by atoms with Crippen molar-refractivity contribution in [2.45, 2.75) is 11.1 Å². The van der Waals surface area contributed by atoms with Crippen molar-refractivity contribution in [3.63, 3.8) is 0 Å². The van der Waals surface area contributed by atoms with Crippen LogP contribution >= 0.6 is 0 Å². The largest absolute Gasteiger partial charge is 0.357 e. The summed E-state index contributed by atoms with van der Waals surface area (Å²) in [5, 5.41) is 4.27. The highest BCUT2D eigenvalue weighted by molar-refractivity contribution is 7.89. The lowest BCUT2D eigenvalue weighted by molar-refractivity contribution is 0.0625. The zero-order valence-corrected chi connectivity index (χ0v) is 16.4. The van der Waals surface area contributed by atoms with Gasteiger partial charge in [0.2, 0.25) is 0 Å². The highest BCUT2D eigenvalue weighted by Crippen LogP contribution is 2.32. The molecular formula is C21H17N5O3S. The Morgan fingerprint density at radius 1 is 0.900 bits per heavy atom. The van der Waals surface area contributed by atoms with Crippen molar-refractivity contribution in [3.05, 3.63) is 90.3 Å². The van der Waals surface area contributed by atoms with Crippen LogP contribution in [0.5, 0.6) is 0 Å². The molecule has 0 aliphatic carbocycles. The Balaban J connectivity index is 1.60. The Labute approximate surface area is 172 Å². The molecule has 1 atom stereocenters. The summed E-state index contributed by atoms with van der Waals surface area (Å²) < 4.78 is 25.9. The molecule has 4 aromatic rings. The number of amides is 1. The van der Waals surface area contributed by atoms with Gasteiger partial charge in [-0.25, -0.2) is 18.4 Å². The van der Waals surface area contributed by atoms with Gasteiger partial charge in [-0.1, -0.05) is 42.5 Å². The molecule has 30 heavy (non-hydrogen) atoms. The Morgan fingerprint density at radius 2 is 1.60 bits per heavy atom. The van der Waals surface area contributed by atoms with E-state index in [2.05, 4.69) is 20.1 Å². The van der Waals surface area contributed by atoms with E-state index >= 15 is 0 Å². The summed E-state index contributed by atoms with van der Waals surface area (Å²) in [6.45, 7) is 0.